The van der Waals surface area contributed by atoms with Gasteiger partial charge in [0, 0.05) is 19.0 Å². The van der Waals surface area contributed by atoms with Gasteiger partial charge in [0.2, 0.25) is 5.91 Å². The molecule has 0 aromatic heterocycles. The minimum Gasteiger partial charge on any atom is -0.497 e. The SMILES string of the molecule is CCOC(=O)CCN(C(=O)CCCOc1ccc(OC)cc1)C(C)C. The topological polar surface area (TPSA) is 65.1 Å². The number of esters is 1. The summed E-state index contributed by atoms with van der Waals surface area (Å²) in [4.78, 5) is 25.5. The number of carbonyl (C=O) groups is 2. The Morgan fingerprint density at radius 3 is 2.28 bits per heavy atom. The minimum absolute atomic E-state index is 0.0256. The highest BCUT2D eigenvalue weighted by Gasteiger charge is 2.18. The first kappa shape index (κ1) is 20.8. The molecule has 0 aliphatic rings. The third kappa shape index (κ3) is 7.92. The van der Waals surface area contributed by atoms with Crippen LogP contribution in [-0.2, 0) is 14.3 Å². The van der Waals surface area contributed by atoms with Crippen molar-refractivity contribution in [3.8, 4) is 11.5 Å². The van der Waals surface area contributed by atoms with Crippen LogP contribution in [-0.4, -0.2) is 49.7 Å². The van der Waals surface area contributed by atoms with Crippen molar-refractivity contribution in [2.75, 3.05) is 26.9 Å². The van der Waals surface area contributed by atoms with E-state index in [4.69, 9.17) is 14.2 Å². The Morgan fingerprint density at radius 1 is 1.08 bits per heavy atom. The lowest BCUT2D eigenvalue weighted by atomic mass is 10.2. The monoisotopic (exact) mass is 351 g/mol. The fourth-order valence-corrected chi connectivity index (χ4v) is 2.34. The van der Waals surface area contributed by atoms with Crippen LogP contribution in [0, 0.1) is 0 Å². The van der Waals surface area contributed by atoms with Crippen LogP contribution in [0.3, 0.4) is 0 Å². The zero-order valence-electron chi connectivity index (χ0n) is 15.6. The molecule has 140 valence electrons. The molecule has 1 amide bonds. The van der Waals surface area contributed by atoms with Gasteiger partial charge in [-0.1, -0.05) is 0 Å². The van der Waals surface area contributed by atoms with Crippen molar-refractivity contribution in [3.63, 3.8) is 0 Å². The van der Waals surface area contributed by atoms with Crippen molar-refractivity contribution < 1.29 is 23.8 Å². The van der Waals surface area contributed by atoms with E-state index < -0.39 is 0 Å². The molecule has 0 atom stereocenters. The van der Waals surface area contributed by atoms with Crippen molar-refractivity contribution in [1.82, 2.24) is 4.90 Å². The molecule has 6 nitrogen and oxygen atoms in total. The van der Waals surface area contributed by atoms with Gasteiger partial charge in [0.25, 0.3) is 0 Å². The van der Waals surface area contributed by atoms with Crippen LogP contribution in [0.2, 0.25) is 0 Å². The zero-order chi connectivity index (χ0) is 18.7. The molecule has 0 aliphatic carbocycles. The summed E-state index contributed by atoms with van der Waals surface area (Å²) in [6, 6.07) is 7.37. The summed E-state index contributed by atoms with van der Waals surface area (Å²) >= 11 is 0. The second-order valence-corrected chi connectivity index (χ2v) is 5.86. The van der Waals surface area contributed by atoms with E-state index in [1.807, 2.05) is 38.1 Å². The summed E-state index contributed by atoms with van der Waals surface area (Å²) in [5.74, 6) is 1.27. The van der Waals surface area contributed by atoms with Crippen LogP contribution in [0.4, 0.5) is 0 Å². The van der Waals surface area contributed by atoms with Crippen molar-refractivity contribution in [2.45, 2.75) is 46.1 Å². The van der Waals surface area contributed by atoms with Gasteiger partial charge < -0.3 is 19.1 Å². The maximum Gasteiger partial charge on any atom is 0.307 e. The summed E-state index contributed by atoms with van der Waals surface area (Å²) in [7, 11) is 1.61. The highest BCUT2D eigenvalue weighted by Crippen LogP contribution is 2.17. The summed E-state index contributed by atoms with van der Waals surface area (Å²) in [6.07, 6.45) is 1.23. The Bertz CT molecular complexity index is 527. The Labute approximate surface area is 150 Å². The molecule has 0 spiro atoms. The molecule has 6 heteroatoms. The average Bonchev–Trinajstić information content (AvgIpc) is 2.59. The molecule has 0 bridgehead atoms. The molecule has 0 heterocycles. The first-order chi connectivity index (χ1) is 12.0. The van der Waals surface area contributed by atoms with Gasteiger partial charge in [0.15, 0.2) is 0 Å². The summed E-state index contributed by atoms with van der Waals surface area (Å²) < 4.78 is 15.6. The summed E-state index contributed by atoms with van der Waals surface area (Å²) in [5, 5.41) is 0. The maximum absolute atomic E-state index is 12.4. The van der Waals surface area contributed by atoms with Gasteiger partial charge in [0.1, 0.15) is 11.5 Å². The highest BCUT2D eigenvalue weighted by atomic mass is 16.5. The van der Waals surface area contributed by atoms with Gasteiger partial charge in [-0.05, 0) is 51.5 Å². The van der Waals surface area contributed by atoms with Crippen LogP contribution in [0.5, 0.6) is 11.5 Å². The van der Waals surface area contributed by atoms with E-state index >= 15 is 0 Å². The van der Waals surface area contributed by atoms with Gasteiger partial charge in [-0.25, -0.2) is 0 Å². The standard InChI is InChI=1S/C19H29NO5/c1-5-24-19(22)12-13-20(15(2)3)18(21)7-6-14-25-17-10-8-16(23-4)9-11-17/h8-11,15H,5-7,12-14H2,1-4H3. The van der Waals surface area contributed by atoms with Gasteiger partial charge in [-0.2, -0.15) is 0 Å². The lowest BCUT2D eigenvalue weighted by Crippen LogP contribution is -2.38. The molecule has 0 fully saturated rings. The number of ether oxygens (including phenoxy) is 3. The molecule has 1 aromatic rings. The normalized spacial score (nSPS) is 10.4. The van der Waals surface area contributed by atoms with Gasteiger partial charge in [-0.15, -0.1) is 0 Å². The molecule has 0 unspecified atom stereocenters. The van der Waals surface area contributed by atoms with Crippen LogP contribution >= 0.6 is 0 Å². The van der Waals surface area contributed by atoms with E-state index in [-0.39, 0.29) is 24.3 Å². The van der Waals surface area contributed by atoms with Crippen molar-refractivity contribution in [2.24, 2.45) is 0 Å². The average molecular weight is 351 g/mol. The number of methoxy groups -OCH3 is 1. The second-order valence-electron chi connectivity index (χ2n) is 5.86. The Balaban J connectivity index is 2.34. The van der Waals surface area contributed by atoms with E-state index in [9.17, 15) is 9.59 Å². The molecule has 0 radical (unpaired) electrons. The van der Waals surface area contributed by atoms with Crippen molar-refractivity contribution in [3.05, 3.63) is 24.3 Å². The molecule has 25 heavy (non-hydrogen) atoms. The number of benzene rings is 1. The number of amides is 1. The molecule has 0 aliphatic heterocycles. The van der Waals surface area contributed by atoms with E-state index in [1.54, 1.807) is 18.9 Å². The summed E-state index contributed by atoms with van der Waals surface area (Å²) in [5.41, 5.74) is 0. The number of hydrogen-bond donors (Lipinski definition) is 0. The quantitative estimate of drug-likeness (QED) is 0.453. The molecule has 0 saturated carbocycles. The van der Waals surface area contributed by atoms with E-state index in [2.05, 4.69) is 0 Å². The van der Waals surface area contributed by atoms with Gasteiger partial charge in [0.05, 0.1) is 26.7 Å². The first-order valence-corrected chi connectivity index (χ1v) is 8.69. The number of carbonyl (C=O) groups excluding carboxylic acids is 2. The molecular formula is C19H29NO5. The zero-order valence-corrected chi connectivity index (χ0v) is 15.6. The third-order valence-electron chi connectivity index (χ3n) is 3.67. The van der Waals surface area contributed by atoms with E-state index in [0.717, 1.165) is 11.5 Å². The van der Waals surface area contributed by atoms with Crippen LogP contribution < -0.4 is 9.47 Å². The van der Waals surface area contributed by atoms with Gasteiger partial charge in [-0.3, -0.25) is 9.59 Å². The molecule has 0 N–H and O–H groups in total. The largest absolute Gasteiger partial charge is 0.497 e. The fraction of sp³-hybridized carbons (Fsp3) is 0.579. The maximum atomic E-state index is 12.4. The predicted octanol–water partition coefficient (Wildman–Crippen LogP) is 3.04. The number of nitrogens with zero attached hydrogens (tertiary/aromatic N) is 1. The van der Waals surface area contributed by atoms with E-state index in [1.165, 1.54) is 0 Å². The van der Waals surface area contributed by atoms with Crippen molar-refractivity contribution in [1.29, 1.82) is 0 Å². The summed E-state index contributed by atoms with van der Waals surface area (Å²) in [6.45, 7) is 6.85. The van der Waals surface area contributed by atoms with Crippen LogP contribution in [0.1, 0.15) is 40.0 Å². The van der Waals surface area contributed by atoms with Crippen LogP contribution in [0.15, 0.2) is 24.3 Å². The lowest BCUT2D eigenvalue weighted by Gasteiger charge is -2.26. The Hall–Kier alpha value is -2.24. The molecular weight excluding hydrogens is 322 g/mol. The lowest BCUT2D eigenvalue weighted by molar-refractivity contribution is -0.144. The number of hydrogen-bond acceptors (Lipinski definition) is 5. The Morgan fingerprint density at radius 2 is 1.72 bits per heavy atom. The Kier molecular flexibility index (Phi) is 9.43. The van der Waals surface area contributed by atoms with E-state index in [0.29, 0.717) is 32.6 Å². The minimum atomic E-state index is -0.274. The van der Waals surface area contributed by atoms with Crippen molar-refractivity contribution >= 4 is 11.9 Å². The fourth-order valence-electron chi connectivity index (χ4n) is 2.34. The highest BCUT2D eigenvalue weighted by molar-refractivity contribution is 5.77. The molecule has 0 saturated heterocycles. The molecule has 1 aromatic carbocycles. The molecule has 1 rings (SSSR count). The predicted molar refractivity (Wildman–Crippen MR) is 95.8 cm³/mol. The smallest absolute Gasteiger partial charge is 0.307 e. The second kappa shape index (κ2) is 11.3. The first-order valence-electron chi connectivity index (χ1n) is 8.69. The number of rotatable bonds is 11. The third-order valence-corrected chi connectivity index (χ3v) is 3.67. The van der Waals surface area contributed by atoms with Gasteiger partial charge >= 0.3 is 5.97 Å². The van der Waals surface area contributed by atoms with Crippen LogP contribution in [0.25, 0.3) is 0 Å².